The molecule has 0 fully saturated rings. The first kappa shape index (κ1) is 18.3. The summed E-state index contributed by atoms with van der Waals surface area (Å²) < 4.78 is 5.44. The fourth-order valence-electron chi connectivity index (χ4n) is 2.28. The average molecular weight is 340 g/mol. The van der Waals surface area contributed by atoms with Crippen LogP contribution in [-0.4, -0.2) is 29.1 Å². The number of carbonyl (C=O) groups is 2. The number of carboxylic acid groups (broad SMARTS) is 1. The van der Waals surface area contributed by atoms with E-state index in [1.807, 2.05) is 32.0 Å². The van der Waals surface area contributed by atoms with Gasteiger partial charge in [-0.05, 0) is 35.7 Å². The first-order valence-corrected chi connectivity index (χ1v) is 7.88. The van der Waals surface area contributed by atoms with Crippen molar-refractivity contribution in [1.29, 1.82) is 5.26 Å². The van der Waals surface area contributed by atoms with Gasteiger partial charge in [0.25, 0.3) is 5.91 Å². The van der Waals surface area contributed by atoms with Crippen LogP contribution in [0.4, 0.5) is 0 Å². The number of rotatable bonds is 6. The third-order valence-electron chi connectivity index (χ3n) is 4.22. The summed E-state index contributed by atoms with van der Waals surface area (Å²) in [5.74, 6) is -1.59. The highest BCUT2D eigenvalue weighted by molar-refractivity contribution is 5.97. The van der Waals surface area contributed by atoms with Crippen molar-refractivity contribution in [3.63, 3.8) is 0 Å². The zero-order valence-corrected chi connectivity index (χ0v) is 14.4. The molecule has 2 aromatic carbocycles. The van der Waals surface area contributed by atoms with Crippen LogP contribution in [0.5, 0.6) is 5.75 Å². The molecule has 6 heteroatoms. The van der Waals surface area contributed by atoms with Gasteiger partial charge in [0.15, 0.2) is 6.61 Å². The van der Waals surface area contributed by atoms with Gasteiger partial charge in [-0.3, -0.25) is 4.79 Å². The van der Waals surface area contributed by atoms with Crippen LogP contribution in [-0.2, 0) is 4.79 Å². The van der Waals surface area contributed by atoms with Crippen LogP contribution < -0.4 is 10.1 Å². The number of ether oxygens (including phenoxy) is 1. The molecule has 0 unspecified atom stereocenters. The monoisotopic (exact) mass is 340 g/mol. The summed E-state index contributed by atoms with van der Waals surface area (Å²) in [5, 5.41) is 22.8. The number of carboxylic acids is 1. The number of amides is 1. The molecule has 1 amide bonds. The molecule has 0 radical (unpaired) electrons. The molecule has 0 aliphatic rings. The van der Waals surface area contributed by atoms with Gasteiger partial charge in [0.1, 0.15) is 16.9 Å². The van der Waals surface area contributed by atoms with E-state index in [0.29, 0.717) is 0 Å². The molecule has 2 aromatic rings. The van der Waals surface area contributed by atoms with Crippen LogP contribution >= 0.6 is 0 Å². The number of nitriles is 1. The predicted octanol–water partition coefficient (Wildman–Crippen LogP) is 2.97. The number of benzene rings is 2. The molecule has 1 atom stereocenters. The Morgan fingerprint density at radius 3 is 2.40 bits per heavy atom. The van der Waals surface area contributed by atoms with Crippen molar-refractivity contribution in [2.75, 3.05) is 6.61 Å². The van der Waals surface area contributed by atoms with Crippen LogP contribution in [0.25, 0.3) is 10.8 Å². The van der Waals surface area contributed by atoms with Gasteiger partial charge in [0, 0.05) is 0 Å². The van der Waals surface area contributed by atoms with Crippen LogP contribution in [0.3, 0.4) is 0 Å². The van der Waals surface area contributed by atoms with Crippen molar-refractivity contribution in [3.05, 3.63) is 42.0 Å². The van der Waals surface area contributed by atoms with Crippen molar-refractivity contribution < 1.29 is 19.4 Å². The Hall–Kier alpha value is -3.07. The third-order valence-corrected chi connectivity index (χ3v) is 4.22. The van der Waals surface area contributed by atoms with Crippen LogP contribution in [0.15, 0.2) is 36.4 Å². The molecule has 0 spiro atoms. The number of aromatic carboxylic acids is 1. The van der Waals surface area contributed by atoms with Gasteiger partial charge in [-0.1, -0.05) is 38.1 Å². The lowest BCUT2D eigenvalue weighted by molar-refractivity contribution is -0.124. The number of nitrogens with zero attached hydrogens (tertiary/aromatic N) is 1. The maximum Gasteiger partial charge on any atom is 0.339 e. The molecular formula is C19H20N2O4. The van der Waals surface area contributed by atoms with Crippen molar-refractivity contribution in [1.82, 2.24) is 5.32 Å². The molecule has 0 aliphatic carbocycles. The van der Waals surface area contributed by atoms with E-state index in [-0.39, 0.29) is 23.8 Å². The molecule has 130 valence electrons. The second-order valence-electron chi connectivity index (χ2n) is 6.31. The Bertz CT molecular complexity index is 854. The number of carbonyl (C=O) groups excluding carboxylic acids is 1. The number of fused-ring (bicyclic) bond motifs is 1. The summed E-state index contributed by atoms with van der Waals surface area (Å²) in [5.41, 5.74) is -1.03. The standard InChI is InChI=1S/C19H20N2O4/c1-12(2)19(3,11-20)21-17(22)10-25-16-9-14-7-5-4-6-13(14)8-15(16)18(23)24/h4-9,12H,10H2,1-3H3,(H,21,22)(H,23,24)/t19-/m1/s1. The molecule has 0 bridgehead atoms. The summed E-state index contributed by atoms with van der Waals surface area (Å²) in [6, 6.07) is 12.5. The van der Waals surface area contributed by atoms with Gasteiger partial charge < -0.3 is 15.2 Å². The summed E-state index contributed by atoms with van der Waals surface area (Å²) in [4.78, 5) is 23.6. The van der Waals surface area contributed by atoms with Crippen LogP contribution in [0.1, 0.15) is 31.1 Å². The van der Waals surface area contributed by atoms with Gasteiger partial charge in [0.2, 0.25) is 0 Å². The topological polar surface area (TPSA) is 99.4 Å². The third kappa shape index (κ3) is 4.07. The van der Waals surface area contributed by atoms with Gasteiger partial charge in [-0.25, -0.2) is 4.79 Å². The first-order valence-electron chi connectivity index (χ1n) is 7.88. The highest BCUT2D eigenvalue weighted by Gasteiger charge is 2.30. The number of hydrogen-bond donors (Lipinski definition) is 2. The molecule has 25 heavy (non-hydrogen) atoms. The smallest absolute Gasteiger partial charge is 0.339 e. The Kier molecular flexibility index (Phi) is 5.28. The Labute approximate surface area is 146 Å². The summed E-state index contributed by atoms with van der Waals surface area (Å²) in [6.07, 6.45) is 0. The summed E-state index contributed by atoms with van der Waals surface area (Å²) >= 11 is 0. The summed E-state index contributed by atoms with van der Waals surface area (Å²) in [7, 11) is 0. The van der Waals surface area contributed by atoms with E-state index < -0.39 is 17.4 Å². The molecule has 0 aliphatic heterocycles. The number of hydrogen-bond acceptors (Lipinski definition) is 4. The van der Waals surface area contributed by atoms with Crippen LogP contribution in [0.2, 0.25) is 0 Å². The lowest BCUT2D eigenvalue weighted by Crippen LogP contribution is -2.50. The van der Waals surface area contributed by atoms with Crippen molar-refractivity contribution >= 4 is 22.6 Å². The minimum atomic E-state index is -1.13. The van der Waals surface area contributed by atoms with Crippen molar-refractivity contribution in [3.8, 4) is 11.8 Å². The van der Waals surface area contributed by atoms with Gasteiger partial charge in [-0.2, -0.15) is 5.26 Å². The SMILES string of the molecule is CC(C)[C@@](C)(C#N)NC(=O)COc1cc2ccccc2cc1C(=O)O. The lowest BCUT2D eigenvalue weighted by Gasteiger charge is -2.27. The minimum absolute atomic E-state index is 0.0154. The molecule has 0 aromatic heterocycles. The molecule has 2 N–H and O–H groups in total. The molecule has 0 saturated heterocycles. The fraction of sp³-hybridized carbons (Fsp3) is 0.316. The van der Waals surface area contributed by atoms with E-state index in [1.54, 1.807) is 19.1 Å². The highest BCUT2D eigenvalue weighted by atomic mass is 16.5. The lowest BCUT2D eigenvalue weighted by atomic mass is 9.90. The largest absolute Gasteiger partial charge is 0.483 e. The van der Waals surface area contributed by atoms with Crippen LogP contribution in [0, 0.1) is 17.2 Å². The van der Waals surface area contributed by atoms with Crippen molar-refractivity contribution in [2.45, 2.75) is 26.3 Å². The quantitative estimate of drug-likeness (QED) is 0.842. The molecular weight excluding hydrogens is 320 g/mol. The maximum absolute atomic E-state index is 12.1. The zero-order valence-electron chi connectivity index (χ0n) is 14.4. The molecule has 0 saturated carbocycles. The molecule has 6 nitrogen and oxygen atoms in total. The Morgan fingerprint density at radius 1 is 1.28 bits per heavy atom. The van der Waals surface area contributed by atoms with Gasteiger partial charge in [-0.15, -0.1) is 0 Å². The van der Waals surface area contributed by atoms with E-state index >= 15 is 0 Å². The minimum Gasteiger partial charge on any atom is -0.483 e. The Morgan fingerprint density at radius 2 is 1.88 bits per heavy atom. The maximum atomic E-state index is 12.1. The second kappa shape index (κ2) is 7.22. The zero-order chi connectivity index (χ0) is 18.6. The predicted molar refractivity (Wildman–Crippen MR) is 93.4 cm³/mol. The van der Waals surface area contributed by atoms with Gasteiger partial charge in [0.05, 0.1) is 6.07 Å². The van der Waals surface area contributed by atoms with Gasteiger partial charge >= 0.3 is 5.97 Å². The average Bonchev–Trinajstić information content (AvgIpc) is 2.58. The molecule has 2 rings (SSSR count). The summed E-state index contributed by atoms with van der Waals surface area (Å²) in [6.45, 7) is 4.92. The van der Waals surface area contributed by atoms with E-state index in [0.717, 1.165) is 10.8 Å². The first-order chi connectivity index (χ1) is 11.8. The highest BCUT2D eigenvalue weighted by Crippen LogP contribution is 2.26. The fourth-order valence-corrected chi connectivity index (χ4v) is 2.28. The van der Waals surface area contributed by atoms with E-state index in [2.05, 4.69) is 11.4 Å². The van der Waals surface area contributed by atoms with E-state index in [9.17, 15) is 20.0 Å². The van der Waals surface area contributed by atoms with E-state index in [4.69, 9.17) is 4.74 Å². The van der Waals surface area contributed by atoms with Crippen molar-refractivity contribution in [2.24, 2.45) is 5.92 Å². The molecule has 0 heterocycles. The number of nitrogens with one attached hydrogen (secondary N) is 1. The second-order valence-corrected chi connectivity index (χ2v) is 6.31. The normalized spacial score (nSPS) is 13.1. The Balaban J connectivity index is 2.20. The van der Waals surface area contributed by atoms with E-state index in [1.165, 1.54) is 6.07 Å².